The largest absolute Gasteiger partial charge is 0.366 e. The Morgan fingerprint density at radius 2 is 1.96 bits per heavy atom. The first-order chi connectivity index (χ1) is 12.9. The first kappa shape index (κ1) is 18.3. The second kappa shape index (κ2) is 6.82. The molecular weight excluding hydrogens is 358 g/mol. The Morgan fingerprint density at radius 1 is 1.22 bits per heavy atom. The van der Waals surface area contributed by atoms with Crippen molar-refractivity contribution >= 4 is 23.4 Å². The number of nitrogens with one attached hydrogen (secondary N) is 2. The minimum atomic E-state index is -0.257. The molecule has 1 aromatic heterocycles. The number of thioether (sulfide) groups is 1. The number of rotatable bonds is 3. The van der Waals surface area contributed by atoms with Gasteiger partial charge < -0.3 is 10.3 Å². The van der Waals surface area contributed by atoms with E-state index in [1.807, 2.05) is 37.3 Å². The van der Waals surface area contributed by atoms with Crippen LogP contribution in [0.4, 0.5) is 5.82 Å². The van der Waals surface area contributed by atoms with Crippen molar-refractivity contribution in [3.63, 3.8) is 0 Å². The van der Waals surface area contributed by atoms with E-state index in [0.29, 0.717) is 23.0 Å². The van der Waals surface area contributed by atoms with E-state index >= 15 is 0 Å². The number of hydrogen-bond donors (Lipinski definition) is 2. The summed E-state index contributed by atoms with van der Waals surface area (Å²) in [6.07, 6.45) is 1.43. The molecule has 5 nitrogen and oxygen atoms in total. The number of benzene rings is 1. The molecule has 3 atom stereocenters. The Bertz CT molecular complexity index is 923. The van der Waals surface area contributed by atoms with Crippen LogP contribution in [0.25, 0.3) is 0 Å². The third-order valence-corrected chi connectivity index (χ3v) is 6.35. The smallest absolute Gasteiger partial charge is 0.257 e. The van der Waals surface area contributed by atoms with E-state index in [-0.39, 0.29) is 34.6 Å². The molecule has 1 aliphatic carbocycles. The molecule has 2 aromatic rings. The van der Waals surface area contributed by atoms with E-state index in [9.17, 15) is 9.59 Å². The minimum absolute atomic E-state index is 0.00673. The third kappa shape index (κ3) is 3.31. The number of aromatic nitrogens is 2. The van der Waals surface area contributed by atoms with Crippen molar-refractivity contribution in [3.05, 3.63) is 51.8 Å². The van der Waals surface area contributed by atoms with Gasteiger partial charge in [-0.25, -0.2) is 4.98 Å². The van der Waals surface area contributed by atoms with Gasteiger partial charge in [-0.05, 0) is 23.2 Å². The van der Waals surface area contributed by atoms with Crippen molar-refractivity contribution in [2.45, 2.75) is 50.7 Å². The number of carbonyl (C=O) groups excluding carboxylic acids is 1. The molecule has 3 unspecified atom stereocenters. The Balaban J connectivity index is 1.90. The van der Waals surface area contributed by atoms with Crippen molar-refractivity contribution in [1.29, 1.82) is 0 Å². The van der Waals surface area contributed by atoms with Crippen LogP contribution in [0.1, 0.15) is 50.7 Å². The fourth-order valence-electron chi connectivity index (χ4n) is 4.62. The van der Waals surface area contributed by atoms with Crippen LogP contribution in [0, 0.1) is 11.3 Å². The number of nitrogens with zero attached hydrogens (tertiary/aromatic N) is 1. The second-order valence-electron chi connectivity index (χ2n) is 8.24. The molecule has 1 aliphatic heterocycles. The molecule has 2 heterocycles. The number of Topliss-reactive ketones (excluding diaryl/α,β-unsaturated/α-hetero) is 1. The summed E-state index contributed by atoms with van der Waals surface area (Å²) in [5.41, 5.74) is 1.41. The first-order valence-electron chi connectivity index (χ1n) is 9.51. The van der Waals surface area contributed by atoms with E-state index in [1.165, 1.54) is 11.8 Å². The monoisotopic (exact) mass is 383 g/mol. The summed E-state index contributed by atoms with van der Waals surface area (Å²) in [7, 11) is 0. The van der Waals surface area contributed by atoms with Crippen molar-refractivity contribution in [3.8, 4) is 0 Å². The molecule has 0 spiro atoms. The number of carbonyl (C=O) groups is 1. The number of fused-ring (bicyclic) bond motifs is 2. The topological polar surface area (TPSA) is 74.8 Å². The molecule has 4 rings (SSSR count). The molecule has 0 radical (unpaired) electrons. The molecule has 0 saturated heterocycles. The number of H-pyrrole nitrogens is 1. The van der Waals surface area contributed by atoms with Gasteiger partial charge in [0.25, 0.3) is 5.56 Å². The Kier molecular flexibility index (Phi) is 4.62. The summed E-state index contributed by atoms with van der Waals surface area (Å²) in [6.45, 7) is 6.31. The van der Waals surface area contributed by atoms with Crippen LogP contribution in [0.3, 0.4) is 0 Å². The molecule has 2 aliphatic rings. The summed E-state index contributed by atoms with van der Waals surface area (Å²) in [5.74, 6) is 1.21. The van der Waals surface area contributed by atoms with E-state index < -0.39 is 0 Å². The summed E-state index contributed by atoms with van der Waals surface area (Å²) in [6, 6.07) is 9.90. The van der Waals surface area contributed by atoms with Crippen LogP contribution in [-0.2, 0) is 4.79 Å². The third-order valence-electron chi connectivity index (χ3n) is 5.60. The highest BCUT2D eigenvalue weighted by atomic mass is 32.2. The predicted octanol–water partition coefficient (Wildman–Crippen LogP) is 3.81. The number of hydrogen-bond acceptors (Lipinski definition) is 5. The normalized spacial score (nSPS) is 26.0. The molecular formula is C21H25N3O2S. The predicted molar refractivity (Wildman–Crippen MR) is 108 cm³/mol. The van der Waals surface area contributed by atoms with Crippen LogP contribution in [-0.4, -0.2) is 27.5 Å². The van der Waals surface area contributed by atoms with Gasteiger partial charge in [0.05, 0.1) is 5.56 Å². The Labute approximate surface area is 163 Å². The highest BCUT2D eigenvalue weighted by molar-refractivity contribution is 7.99. The molecule has 6 heteroatoms. The molecule has 1 saturated carbocycles. The maximum Gasteiger partial charge on any atom is 0.257 e. The highest BCUT2D eigenvalue weighted by Crippen LogP contribution is 2.48. The Morgan fingerprint density at radius 3 is 2.67 bits per heavy atom. The average Bonchev–Trinajstić information content (AvgIpc) is 2.60. The van der Waals surface area contributed by atoms with Gasteiger partial charge in [-0.15, -0.1) is 0 Å². The molecule has 0 bridgehead atoms. The first-order valence-corrected chi connectivity index (χ1v) is 10.5. The summed E-state index contributed by atoms with van der Waals surface area (Å²) < 4.78 is 0. The Hall–Kier alpha value is -2.08. The molecule has 2 N–H and O–H groups in total. The van der Waals surface area contributed by atoms with Gasteiger partial charge in [-0.3, -0.25) is 9.59 Å². The lowest BCUT2D eigenvalue weighted by Gasteiger charge is -2.46. The summed E-state index contributed by atoms with van der Waals surface area (Å²) in [4.78, 5) is 33.7. The lowest BCUT2D eigenvalue weighted by molar-refractivity contribution is -0.129. The van der Waals surface area contributed by atoms with Crippen LogP contribution in [0.15, 0.2) is 40.3 Å². The van der Waals surface area contributed by atoms with Gasteiger partial charge >= 0.3 is 0 Å². The zero-order chi connectivity index (χ0) is 19.2. The molecule has 0 amide bonds. The maximum absolute atomic E-state index is 13.1. The van der Waals surface area contributed by atoms with E-state index in [0.717, 1.165) is 17.7 Å². The fourth-order valence-corrected chi connectivity index (χ4v) is 5.22. The number of anilines is 1. The van der Waals surface area contributed by atoms with E-state index in [1.54, 1.807) is 0 Å². The second-order valence-corrected chi connectivity index (χ2v) is 9.50. The number of ketones is 1. The van der Waals surface area contributed by atoms with E-state index in [2.05, 4.69) is 29.1 Å². The fraction of sp³-hybridized carbons (Fsp3) is 0.476. The van der Waals surface area contributed by atoms with Crippen LogP contribution in [0.2, 0.25) is 0 Å². The SMILES string of the molecule is CCSc1nc2c(c(=O)[nH]1)C(c1ccccc1)C1C(=O)CC(C)(C)CC1N2. The minimum Gasteiger partial charge on any atom is -0.366 e. The van der Waals surface area contributed by atoms with Crippen molar-refractivity contribution in [1.82, 2.24) is 9.97 Å². The van der Waals surface area contributed by atoms with Gasteiger partial charge in [-0.1, -0.05) is 62.9 Å². The van der Waals surface area contributed by atoms with Gasteiger partial charge in [0.2, 0.25) is 0 Å². The van der Waals surface area contributed by atoms with Crippen LogP contribution >= 0.6 is 11.8 Å². The lowest BCUT2D eigenvalue weighted by Crippen LogP contribution is -2.51. The van der Waals surface area contributed by atoms with Gasteiger partial charge in [0.15, 0.2) is 5.16 Å². The highest BCUT2D eigenvalue weighted by Gasteiger charge is 2.49. The van der Waals surface area contributed by atoms with Crippen molar-refractivity contribution in [2.75, 3.05) is 11.1 Å². The van der Waals surface area contributed by atoms with Crippen LogP contribution in [0.5, 0.6) is 0 Å². The van der Waals surface area contributed by atoms with Crippen molar-refractivity contribution in [2.24, 2.45) is 11.3 Å². The molecule has 1 fully saturated rings. The molecule has 1 aromatic carbocycles. The van der Waals surface area contributed by atoms with Gasteiger partial charge in [0.1, 0.15) is 11.6 Å². The zero-order valence-electron chi connectivity index (χ0n) is 15.9. The molecule has 142 valence electrons. The number of aromatic amines is 1. The standard InChI is InChI=1S/C21H25N3O2S/c1-4-27-20-23-18-17(19(26)24-20)15(12-8-6-5-7-9-12)16-13(22-18)10-21(2,3)11-14(16)25/h5-9,13,15-16H,4,10-11H2,1-3H3,(H2,22,23,24,26). The zero-order valence-corrected chi connectivity index (χ0v) is 16.7. The summed E-state index contributed by atoms with van der Waals surface area (Å²) >= 11 is 1.52. The van der Waals surface area contributed by atoms with Gasteiger partial charge in [0, 0.05) is 24.3 Å². The van der Waals surface area contributed by atoms with E-state index in [4.69, 9.17) is 0 Å². The quantitative estimate of drug-likeness (QED) is 0.623. The van der Waals surface area contributed by atoms with Gasteiger partial charge in [-0.2, -0.15) is 0 Å². The maximum atomic E-state index is 13.1. The average molecular weight is 384 g/mol. The van der Waals surface area contributed by atoms with Crippen molar-refractivity contribution < 1.29 is 4.79 Å². The lowest BCUT2D eigenvalue weighted by atomic mass is 9.62. The van der Waals surface area contributed by atoms with Crippen LogP contribution < -0.4 is 10.9 Å². The summed E-state index contributed by atoms with van der Waals surface area (Å²) in [5, 5.41) is 4.08. The molecule has 27 heavy (non-hydrogen) atoms.